The first-order valence-electron chi connectivity index (χ1n) is 7.33. The first-order chi connectivity index (χ1) is 9.56. The monoisotopic (exact) mass is 294 g/mol. The normalized spacial score (nSPS) is 23.6. The molecule has 0 saturated carbocycles. The van der Waals surface area contributed by atoms with Gasteiger partial charge in [0.1, 0.15) is 0 Å². The third-order valence-electron chi connectivity index (χ3n) is 4.11. The van der Waals surface area contributed by atoms with Gasteiger partial charge in [0.25, 0.3) is 0 Å². The fourth-order valence-electron chi connectivity index (χ4n) is 2.81. The Balaban J connectivity index is 1.81. The number of hydrogen-bond donors (Lipinski definition) is 1. The van der Waals surface area contributed by atoms with E-state index in [1.807, 2.05) is 24.3 Å². The Kier molecular flexibility index (Phi) is 5.44. The molecule has 2 rings (SSSR count). The lowest BCUT2D eigenvalue weighted by molar-refractivity contribution is -0.124. The van der Waals surface area contributed by atoms with Crippen LogP contribution in [0.5, 0.6) is 0 Å². The van der Waals surface area contributed by atoms with Gasteiger partial charge in [0.05, 0.1) is 6.54 Å². The Hall–Kier alpha value is -1.06. The van der Waals surface area contributed by atoms with Crippen molar-refractivity contribution in [2.45, 2.75) is 51.7 Å². The van der Waals surface area contributed by atoms with Crippen molar-refractivity contribution in [3.05, 3.63) is 34.9 Å². The first kappa shape index (κ1) is 15.3. The van der Waals surface area contributed by atoms with Crippen LogP contribution in [0.1, 0.15) is 38.7 Å². The predicted octanol–water partition coefficient (Wildman–Crippen LogP) is 3.22. The lowest BCUT2D eigenvalue weighted by Gasteiger charge is -2.38. The van der Waals surface area contributed by atoms with Crippen molar-refractivity contribution in [2.24, 2.45) is 0 Å². The number of rotatable bonds is 4. The summed E-state index contributed by atoms with van der Waals surface area (Å²) in [6.07, 6.45) is 3.65. The highest BCUT2D eigenvalue weighted by molar-refractivity contribution is 6.30. The number of amides is 1. The maximum Gasteiger partial charge on any atom is 0.234 e. The fourth-order valence-corrected chi connectivity index (χ4v) is 2.94. The van der Waals surface area contributed by atoms with E-state index >= 15 is 0 Å². The standard InChI is InChI=1S/C16H23ClN2O/c1-12-4-3-5-13(2)19(12)11-16(20)18-10-14-6-8-15(17)9-7-14/h6-9,12-13H,3-5,10-11H2,1-2H3,(H,18,20). The Bertz CT molecular complexity index is 436. The van der Waals surface area contributed by atoms with Crippen LogP contribution in [0.2, 0.25) is 5.02 Å². The molecular formula is C16H23ClN2O. The summed E-state index contributed by atoms with van der Waals surface area (Å²) in [6, 6.07) is 8.57. The number of likely N-dealkylation sites (tertiary alicyclic amines) is 1. The third-order valence-corrected chi connectivity index (χ3v) is 4.36. The van der Waals surface area contributed by atoms with Gasteiger partial charge in [0.2, 0.25) is 5.91 Å². The van der Waals surface area contributed by atoms with Crippen LogP contribution in [-0.4, -0.2) is 29.4 Å². The maximum atomic E-state index is 12.1. The van der Waals surface area contributed by atoms with Crippen molar-refractivity contribution in [3.8, 4) is 0 Å². The molecule has 2 atom stereocenters. The molecular weight excluding hydrogens is 272 g/mol. The Morgan fingerprint density at radius 2 is 1.85 bits per heavy atom. The maximum absolute atomic E-state index is 12.1. The van der Waals surface area contributed by atoms with Crippen molar-refractivity contribution in [2.75, 3.05) is 6.54 Å². The van der Waals surface area contributed by atoms with E-state index in [-0.39, 0.29) is 5.91 Å². The van der Waals surface area contributed by atoms with Crippen molar-refractivity contribution in [3.63, 3.8) is 0 Å². The smallest absolute Gasteiger partial charge is 0.234 e. The first-order valence-corrected chi connectivity index (χ1v) is 7.71. The van der Waals surface area contributed by atoms with Crippen LogP contribution in [0.25, 0.3) is 0 Å². The second-order valence-electron chi connectivity index (χ2n) is 5.70. The molecule has 1 aliphatic heterocycles. The number of nitrogens with one attached hydrogen (secondary N) is 1. The molecule has 4 heteroatoms. The quantitative estimate of drug-likeness (QED) is 0.925. The Morgan fingerprint density at radius 3 is 2.45 bits per heavy atom. The van der Waals surface area contributed by atoms with Gasteiger partial charge in [0, 0.05) is 23.7 Å². The summed E-state index contributed by atoms with van der Waals surface area (Å²) in [5.74, 6) is 0.0977. The molecule has 1 N–H and O–H groups in total. The molecule has 2 unspecified atom stereocenters. The molecule has 0 radical (unpaired) electrons. The predicted molar refractivity (Wildman–Crippen MR) is 82.8 cm³/mol. The number of halogens is 1. The van der Waals surface area contributed by atoms with E-state index in [1.54, 1.807) is 0 Å². The second-order valence-corrected chi connectivity index (χ2v) is 6.14. The van der Waals surface area contributed by atoms with E-state index in [4.69, 9.17) is 11.6 Å². The zero-order valence-corrected chi connectivity index (χ0v) is 13.0. The van der Waals surface area contributed by atoms with Gasteiger partial charge in [-0.05, 0) is 44.4 Å². The third kappa shape index (κ3) is 4.22. The topological polar surface area (TPSA) is 32.3 Å². The molecule has 1 fully saturated rings. The molecule has 110 valence electrons. The van der Waals surface area contributed by atoms with Gasteiger partial charge in [-0.2, -0.15) is 0 Å². The van der Waals surface area contributed by atoms with E-state index in [9.17, 15) is 4.79 Å². The summed E-state index contributed by atoms with van der Waals surface area (Å²) in [5, 5.41) is 3.70. The van der Waals surface area contributed by atoms with Crippen molar-refractivity contribution >= 4 is 17.5 Å². The zero-order valence-electron chi connectivity index (χ0n) is 12.2. The summed E-state index contributed by atoms with van der Waals surface area (Å²) in [6.45, 7) is 5.48. The minimum absolute atomic E-state index is 0.0977. The number of nitrogens with zero attached hydrogens (tertiary/aromatic N) is 1. The summed E-state index contributed by atoms with van der Waals surface area (Å²) in [7, 11) is 0. The van der Waals surface area contributed by atoms with E-state index in [2.05, 4.69) is 24.1 Å². The molecule has 1 amide bonds. The SMILES string of the molecule is CC1CCCC(C)N1CC(=O)NCc1ccc(Cl)cc1. The lowest BCUT2D eigenvalue weighted by atomic mass is 9.97. The molecule has 0 bridgehead atoms. The zero-order chi connectivity index (χ0) is 14.5. The highest BCUT2D eigenvalue weighted by Gasteiger charge is 2.26. The van der Waals surface area contributed by atoms with Crippen LogP contribution in [0, 0.1) is 0 Å². The van der Waals surface area contributed by atoms with E-state index in [0.29, 0.717) is 25.2 Å². The summed E-state index contributed by atoms with van der Waals surface area (Å²) < 4.78 is 0. The van der Waals surface area contributed by atoms with E-state index in [0.717, 1.165) is 10.6 Å². The molecule has 1 aromatic rings. The van der Waals surface area contributed by atoms with Gasteiger partial charge < -0.3 is 5.32 Å². The highest BCUT2D eigenvalue weighted by atomic mass is 35.5. The number of benzene rings is 1. The molecule has 1 saturated heterocycles. The van der Waals surface area contributed by atoms with Crippen molar-refractivity contribution in [1.29, 1.82) is 0 Å². The molecule has 3 nitrogen and oxygen atoms in total. The van der Waals surface area contributed by atoms with Crippen molar-refractivity contribution in [1.82, 2.24) is 10.2 Å². The van der Waals surface area contributed by atoms with Crippen LogP contribution in [-0.2, 0) is 11.3 Å². The molecule has 1 heterocycles. The Morgan fingerprint density at radius 1 is 1.25 bits per heavy atom. The van der Waals surface area contributed by atoms with Gasteiger partial charge in [-0.1, -0.05) is 30.2 Å². The van der Waals surface area contributed by atoms with E-state index in [1.165, 1.54) is 19.3 Å². The molecule has 20 heavy (non-hydrogen) atoms. The molecule has 0 aliphatic carbocycles. The minimum atomic E-state index is 0.0977. The van der Waals surface area contributed by atoms with Gasteiger partial charge in [-0.15, -0.1) is 0 Å². The van der Waals surface area contributed by atoms with Crippen LogP contribution in [0.3, 0.4) is 0 Å². The number of piperidine rings is 1. The van der Waals surface area contributed by atoms with Gasteiger partial charge in [-0.3, -0.25) is 9.69 Å². The van der Waals surface area contributed by atoms with Crippen LogP contribution in [0.15, 0.2) is 24.3 Å². The number of carbonyl (C=O) groups excluding carboxylic acids is 1. The highest BCUT2D eigenvalue weighted by Crippen LogP contribution is 2.21. The van der Waals surface area contributed by atoms with Crippen LogP contribution >= 0.6 is 11.6 Å². The molecule has 1 aromatic carbocycles. The molecule has 0 aromatic heterocycles. The summed E-state index contributed by atoms with van der Waals surface area (Å²) in [4.78, 5) is 14.4. The summed E-state index contributed by atoms with van der Waals surface area (Å²) in [5.41, 5.74) is 1.07. The average Bonchev–Trinajstić information content (AvgIpc) is 2.42. The average molecular weight is 295 g/mol. The Labute approximate surface area is 126 Å². The summed E-state index contributed by atoms with van der Waals surface area (Å²) >= 11 is 5.84. The van der Waals surface area contributed by atoms with Gasteiger partial charge in [-0.25, -0.2) is 0 Å². The molecule has 1 aliphatic rings. The second kappa shape index (κ2) is 7.09. The number of carbonyl (C=O) groups is 1. The van der Waals surface area contributed by atoms with Crippen LogP contribution in [0.4, 0.5) is 0 Å². The van der Waals surface area contributed by atoms with Gasteiger partial charge >= 0.3 is 0 Å². The van der Waals surface area contributed by atoms with Gasteiger partial charge in [0.15, 0.2) is 0 Å². The fraction of sp³-hybridized carbons (Fsp3) is 0.562. The molecule has 0 spiro atoms. The van der Waals surface area contributed by atoms with Crippen molar-refractivity contribution < 1.29 is 4.79 Å². The largest absolute Gasteiger partial charge is 0.351 e. The number of hydrogen-bond acceptors (Lipinski definition) is 2. The lowest BCUT2D eigenvalue weighted by Crippen LogP contribution is -2.48. The van der Waals surface area contributed by atoms with E-state index < -0.39 is 0 Å². The van der Waals surface area contributed by atoms with Crippen LogP contribution < -0.4 is 5.32 Å². The minimum Gasteiger partial charge on any atom is -0.351 e.